The molecular formula is C31H45N3O3S3. The molecule has 1 fully saturated rings. The molecule has 9 heteroatoms. The summed E-state index contributed by atoms with van der Waals surface area (Å²) >= 11 is 8.01. The molecule has 0 radical (unpaired) electrons. The molecule has 40 heavy (non-hydrogen) atoms. The lowest BCUT2D eigenvalue weighted by molar-refractivity contribution is -0.140. The maximum atomic E-state index is 12.6. The average molecular weight is 604 g/mol. The van der Waals surface area contributed by atoms with Gasteiger partial charge in [0, 0.05) is 12.7 Å². The van der Waals surface area contributed by atoms with Crippen molar-refractivity contribution in [2.75, 3.05) is 18.0 Å². The van der Waals surface area contributed by atoms with Crippen LogP contribution < -0.4 is 4.90 Å². The molecule has 1 amide bonds. The van der Waals surface area contributed by atoms with Crippen molar-refractivity contribution >= 4 is 57.8 Å². The summed E-state index contributed by atoms with van der Waals surface area (Å²) in [7, 11) is 0. The maximum Gasteiger partial charge on any atom is 0.323 e. The normalized spacial score (nSPS) is 17.0. The van der Waals surface area contributed by atoms with Crippen LogP contribution in [0.1, 0.15) is 110 Å². The minimum atomic E-state index is -1.08. The summed E-state index contributed by atoms with van der Waals surface area (Å²) in [5.41, 5.74) is 0. The standard InChI is InChI=1S/C31H45N3O3S3/c1-2-3-4-5-6-7-8-9-10-11-12-13-14-15-16-17-23-33-27(39-25-19-18-22-32-29(25)33)21-20-26-30(37)34(24-28(35)36)31(38)40-26/h18-22H,2-17,23-24H2,1H3,(H,35,36)/b26-20-,27-21-. The van der Waals surface area contributed by atoms with E-state index in [0.717, 1.165) is 45.4 Å². The number of hydrogen-bond acceptors (Lipinski definition) is 7. The highest BCUT2D eigenvalue weighted by Gasteiger charge is 2.33. The molecule has 0 bridgehead atoms. The predicted octanol–water partition coefficient (Wildman–Crippen LogP) is 8.93. The minimum absolute atomic E-state index is 0.283. The number of carbonyl (C=O) groups excluding carboxylic acids is 1. The third-order valence-corrected chi connectivity index (χ3v) is 9.77. The molecule has 3 heterocycles. The highest BCUT2D eigenvalue weighted by molar-refractivity contribution is 8.26. The summed E-state index contributed by atoms with van der Waals surface area (Å²) in [6, 6.07) is 4.01. The van der Waals surface area contributed by atoms with Crippen LogP contribution in [0, 0.1) is 0 Å². The Bertz CT molecular complexity index is 1040. The number of unbranched alkanes of at least 4 members (excludes halogenated alkanes) is 15. The number of carboxylic acid groups (broad SMARTS) is 1. The van der Waals surface area contributed by atoms with Crippen LogP contribution in [0.5, 0.6) is 0 Å². The summed E-state index contributed by atoms with van der Waals surface area (Å²) in [5, 5.41) is 10.1. The largest absolute Gasteiger partial charge is 0.480 e. The maximum absolute atomic E-state index is 12.6. The molecule has 1 saturated heterocycles. The van der Waals surface area contributed by atoms with Crippen LogP contribution in [-0.2, 0) is 9.59 Å². The quantitative estimate of drug-likeness (QED) is 0.0900. The van der Waals surface area contributed by atoms with Crippen molar-refractivity contribution in [2.24, 2.45) is 0 Å². The number of rotatable bonds is 20. The van der Waals surface area contributed by atoms with Crippen molar-refractivity contribution in [1.82, 2.24) is 9.88 Å². The molecular weight excluding hydrogens is 559 g/mol. The van der Waals surface area contributed by atoms with Gasteiger partial charge in [-0.25, -0.2) is 4.98 Å². The first-order valence-corrected chi connectivity index (χ1v) is 17.1. The van der Waals surface area contributed by atoms with Crippen molar-refractivity contribution in [2.45, 2.75) is 115 Å². The van der Waals surface area contributed by atoms with Gasteiger partial charge in [-0.2, -0.15) is 0 Å². The number of allylic oxidation sites excluding steroid dienone is 2. The van der Waals surface area contributed by atoms with Gasteiger partial charge in [-0.15, -0.1) is 0 Å². The first kappa shape index (κ1) is 32.7. The van der Waals surface area contributed by atoms with Crippen LogP contribution in [0.4, 0.5) is 5.82 Å². The number of amides is 1. The summed E-state index contributed by atoms with van der Waals surface area (Å²) in [4.78, 5) is 33.2. The van der Waals surface area contributed by atoms with E-state index in [1.807, 2.05) is 18.3 Å². The molecule has 3 rings (SSSR count). The van der Waals surface area contributed by atoms with Gasteiger partial charge >= 0.3 is 5.97 Å². The summed E-state index contributed by atoms with van der Waals surface area (Å²) in [5.74, 6) is -0.461. The van der Waals surface area contributed by atoms with E-state index in [4.69, 9.17) is 17.3 Å². The fraction of sp³-hybridized carbons (Fsp3) is 0.613. The lowest BCUT2D eigenvalue weighted by atomic mass is 10.0. The number of carboxylic acids is 1. The van der Waals surface area contributed by atoms with E-state index < -0.39 is 12.5 Å². The Morgan fingerprint density at radius 3 is 2.02 bits per heavy atom. The van der Waals surface area contributed by atoms with E-state index in [2.05, 4.69) is 22.9 Å². The fourth-order valence-electron chi connectivity index (χ4n) is 5.03. The van der Waals surface area contributed by atoms with Crippen molar-refractivity contribution in [3.8, 4) is 0 Å². The van der Waals surface area contributed by atoms with E-state index in [-0.39, 0.29) is 10.2 Å². The molecule has 2 aliphatic heterocycles. The highest BCUT2D eigenvalue weighted by Crippen LogP contribution is 2.45. The Hall–Kier alpha value is -1.84. The Morgan fingerprint density at radius 1 is 0.875 bits per heavy atom. The van der Waals surface area contributed by atoms with Crippen molar-refractivity contribution in [3.05, 3.63) is 40.4 Å². The topological polar surface area (TPSA) is 73.7 Å². The molecule has 0 saturated carbocycles. The Balaban J connectivity index is 1.35. The minimum Gasteiger partial charge on any atom is -0.480 e. The van der Waals surface area contributed by atoms with Crippen LogP contribution in [-0.4, -0.2) is 44.3 Å². The first-order valence-electron chi connectivity index (χ1n) is 15.1. The number of pyridine rings is 1. The molecule has 1 N–H and O–H groups in total. The van der Waals surface area contributed by atoms with Gasteiger partial charge in [0.05, 0.1) is 14.8 Å². The monoisotopic (exact) mass is 603 g/mol. The van der Waals surface area contributed by atoms with Crippen molar-refractivity contribution in [3.63, 3.8) is 0 Å². The third kappa shape index (κ3) is 10.9. The van der Waals surface area contributed by atoms with Gasteiger partial charge in [0.2, 0.25) is 0 Å². The molecule has 220 valence electrons. The summed E-state index contributed by atoms with van der Waals surface area (Å²) in [6.45, 7) is 2.75. The lowest BCUT2D eigenvalue weighted by Gasteiger charge is -2.19. The molecule has 0 spiro atoms. The molecule has 0 aromatic carbocycles. The van der Waals surface area contributed by atoms with Gasteiger partial charge in [-0.3, -0.25) is 14.5 Å². The van der Waals surface area contributed by atoms with Crippen LogP contribution >= 0.6 is 35.7 Å². The molecule has 6 nitrogen and oxygen atoms in total. The van der Waals surface area contributed by atoms with Gasteiger partial charge < -0.3 is 10.0 Å². The van der Waals surface area contributed by atoms with Crippen LogP contribution in [0.15, 0.2) is 45.3 Å². The zero-order valence-corrected chi connectivity index (χ0v) is 26.4. The van der Waals surface area contributed by atoms with Gasteiger partial charge in [0.1, 0.15) is 16.7 Å². The Kier molecular flexibility index (Phi) is 15.2. The zero-order valence-electron chi connectivity index (χ0n) is 23.9. The van der Waals surface area contributed by atoms with Gasteiger partial charge in [0.25, 0.3) is 5.91 Å². The zero-order chi connectivity index (χ0) is 28.6. The molecule has 2 aliphatic rings. The number of hydrogen-bond donors (Lipinski definition) is 1. The number of aliphatic carboxylic acids is 1. The molecule has 0 unspecified atom stereocenters. The van der Waals surface area contributed by atoms with Crippen molar-refractivity contribution < 1.29 is 14.7 Å². The SMILES string of the molecule is CCCCCCCCCCCCCCCCCCN1/C(=C/C=C2\SC(=S)N(CC(=O)O)C2=O)Sc2cccnc21. The van der Waals surface area contributed by atoms with Crippen LogP contribution in [0.25, 0.3) is 0 Å². The van der Waals surface area contributed by atoms with E-state index in [9.17, 15) is 9.59 Å². The van der Waals surface area contributed by atoms with Crippen molar-refractivity contribution in [1.29, 1.82) is 0 Å². The Labute approximate surface area is 254 Å². The number of aromatic nitrogens is 1. The molecule has 1 aromatic heterocycles. The van der Waals surface area contributed by atoms with Gasteiger partial charge in [-0.05, 0) is 30.7 Å². The molecule has 0 aliphatic carbocycles. The summed E-state index contributed by atoms with van der Waals surface area (Å²) in [6.07, 6.45) is 27.1. The van der Waals surface area contributed by atoms with Gasteiger partial charge in [-0.1, -0.05) is 139 Å². The smallest absolute Gasteiger partial charge is 0.323 e. The molecule has 1 aromatic rings. The predicted molar refractivity (Wildman–Crippen MR) is 173 cm³/mol. The van der Waals surface area contributed by atoms with Crippen LogP contribution in [0.3, 0.4) is 0 Å². The number of thiocarbonyl (C=S) groups is 1. The van der Waals surface area contributed by atoms with E-state index >= 15 is 0 Å². The highest BCUT2D eigenvalue weighted by atomic mass is 32.2. The first-order chi connectivity index (χ1) is 19.5. The fourth-order valence-corrected chi connectivity index (χ4v) is 7.27. The summed E-state index contributed by atoms with van der Waals surface area (Å²) < 4.78 is 0.283. The number of anilines is 1. The third-order valence-electron chi connectivity index (χ3n) is 7.27. The lowest BCUT2D eigenvalue weighted by Crippen LogP contribution is -2.33. The molecule has 0 atom stereocenters. The Morgan fingerprint density at radius 2 is 1.45 bits per heavy atom. The van der Waals surface area contributed by atoms with E-state index in [0.29, 0.717) is 4.91 Å². The number of thioether (sulfide) groups is 2. The second-order valence-corrected chi connectivity index (χ2v) is 13.3. The number of fused-ring (bicyclic) bond motifs is 1. The second kappa shape index (κ2) is 18.6. The van der Waals surface area contributed by atoms with Crippen LogP contribution in [0.2, 0.25) is 0 Å². The second-order valence-electron chi connectivity index (χ2n) is 10.6. The number of nitrogens with zero attached hydrogens (tertiary/aromatic N) is 3. The average Bonchev–Trinajstić information content (AvgIpc) is 3.42. The number of carbonyl (C=O) groups is 2. The van der Waals surface area contributed by atoms with Gasteiger partial charge in [0.15, 0.2) is 0 Å². The van der Waals surface area contributed by atoms with E-state index in [1.54, 1.807) is 17.8 Å². The van der Waals surface area contributed by atoms with E-state index in [1.165, 1.54) is 96.3 Å².